The zero-order valence-electron chi connectivity index (χ0n) is 17.4. The molecule has 0 fully saturated rings. The van der Waals surface area contributed by atoms with E-state index in [1.807, 2.05) is 0 Å². The highest BCUT2D eigenvalue weighted by Gasteiger charge is 2.32. The van der Waals surface area contributed by atoms with Gasteiger partial charge in [0.15, 0.2) is 0 Å². The third-order valence-electron chi connectivity index (χ3n) is 4.13. The molecule has 0 aromatic carbocycles. The topological polar surface area (TPSA) is 214 Å². The van der Waals surface area contributed by atoms with Crippen molar-refractivity contribution < 1.29 is 34.2 Å². The van der Waals surface area contributed by atoms with Crippen LogP contribution in [0, 0.1) is 0 Å². The number of primary amides is 1. The van der Waals surface area contributed by atoms with Crippen molar-refractivity contribution in [3.05, 3.63) is 0 Å². The fraction of sp³-hybridized carbons (Fsp3) is 0.706. The van der Waals surface area contributed by atoms with Crippen molar-refractivity contribution in [1.82, 2.24) is 16.0 Å². The van der Waals surface area contributed by atoms with E-state index < -0.39 is 59.9 Å². The van der Waals surface area contributed by atoms with Crippen molar-refractivity contribution in [2.45, 2.75) is 56.5 Å². The first-order valence-corrected chi connectivity index (χ1v) is 11.4. The number of hydrogen-bond donors (Lipinski definition) is 8. The smallest absolute Gasteiger partial charge is 0.326 e. The summed E-state index contributed by atoms with van der Waals surface area (Å²) in [5.74, 6) is -4.00. The predicted octanol–water partition coefficient (Wildman–Crippen LogP) is -2.82. The van der Waals surface area contributed by atoms with Crippen molar-refractivity contribution >= 4 is 54.0 Å². The van der Waals surface area contributed by atoms with Crippen LogP contribution in [0.15, 0.2) is 0 Å². The van der Waals surface area contributed by atoms with Gasteiger partial charge in [0.05, 0.1) is 12.1 Å². The van der Waals surface area contributed by atoms with Gasteiger partial charge in [0, 0.05) is 12.2 Å². The number of nitrogens with two attached hydrogens (primary N) is 2. The minimum absolute atomic E-state index is 0.00131. The van der Waals surface area contributed by atoms with Crippen LogP contribution in [-0.2, 0) is 24.0 Å². The Balaban J connectivity index is 5.38. The minimum atomic E-state index is -1.50. The SMILES string of the molecule is CSCCC(NC(=O)C(NC(=O)C(CCC(N)=O)NC(=O)C(N)CS)C(C)O)C(=O)O. The number of carboxylic acids is 1. The van der Waals surface area contributed by atoms with Gasteiger partial charge in [0.1, 0.15) is 18.1 Å². The van der Waals surface area contributed by atoms with E-state index in [9.17, 15) is 34.2 Å². The van der Waals surface area contributed by atoms with Crippen molar-refractivity contribution in [3.8, 4) is 0 Å². The summed E-state index contributed by atoms with van der Waals surface area (Å²) in [6, 6.07) is -5.01. The molecule has 0 aromatic rings. The fourth-order valence-electron chi connectivity index (χ4n) is 2.33. The molecule has 5 atom stereocenters. The van der Waals surface area contributed by atoms with Gasteiger partial charge >= 0.3 is 5.97 Å². The summed E-state index contributed by atoms with van der Waals surface area (Å²) in [6.45, 7) is 1.23. The molecule has 0 spiro atoms. The highest BCUT2D eigenvalue weighted by Crippen LogP contribution is 2.05. The highest BCUT2D eigenvalue weighted by molar-refractivity contribution is 7.98. The van der Waals surface area contributed by atoms with Gasteiger partial charge in [-0.3, -0.25) is 19.2 Å². The maximum absolute atomic E-state index is 12.7. The second-order valence-corrected chi connectivity index (χ2v) is 8.11. The molecule has 31 heavy (non-hydrogen) atoms. The van der Waals surface area contributed by atoms with Crippen molar-refractivity contribution in [2.24, 2.45) is 11.5 Å². The number of carbonyl (C=O) groups excluding carboxylic acids is 4. The van der Waals surface area contributed by atoms with Crippen LogP contribution in [0.5, 0.6) is 0 Å². The molecule has 4 amide bonds. The highest BCUT2D eigenvalue weighted by atomic mass is 32.2. The van der Waals surface area contributed by atoms with E-state index in [1.54, 1.807) is 6.26 Å². The van der Waals surface area contributed by atoms with Crippen molar-refractivity contribution in [3.63, 3.8) is 0 Å². The number of hydrogen-bond acceptors (Lipinski definition) is 9. The fourth-order valence-corrected chi connectivity index (χ4v) is 2.97. The normalized spacial score (nSPS) is 15.6. The van der Waals surface area contributed by atoms with Gasteiger partial charge < -0.3 is 37.6 Å². The molecule has 0 aromatic heterocycles. The summed E-state index contributed by atoms with van der Waals surface area (Å²) in [4.78, 5) is 59.6. The maximum atomic E-state index is 12.7. The molecule has 0 aliphatic carbocycles. The first-order chi connectivity index (χ1) is 14.4. The molecule has 0 radical (unpaired) electrons. The quantitative estimate of drug-likeness (QED) is 0.113. The van der Waals surface area contributed by atoms with Crippen LogP contribution in [-0.4, -0.2) is 87.8 Å². The maximum Gasteiger partial charge on any atom is 0.326 e. The number of rotatable bonds is 15. The Morgan fingerprint density at radius 2 is 1.58 bits per heavy atom. The molecule has 5 unspecified atom stereocenters. The van der Waals surface area contributed by atoms with Crippen molar-refractivity contribution in [2.75, 3.05) is 17.8 Å². The Kier molecular flexibility index (Phi) is 13.9. The number of amides is 4. The molecule has 14 heteroatoms. The van der Waals surface area contributed by atoms with Crippen LogP contribution in [0.2, 0.25) is 0 Å². The number of aliphatic hydroxyl groups excluding tert-OH is 1. The molecular formula is C17H31N5O7S2. The second-order valence-electron chi connectivity index (χ2n) is 6.76. The zero-order chi connectivity index (χ0) is 24.1. The van der Waals surface area contributed by atoms with Gasteiger partial charge in [-0.05, 0) is 31.8 Å². The monoisotopic (exact) mass is 481 g/mol. The van der Waals surface area contributed by atoms with E-state index in [4.69, 9.17) is 11.5 Å². The van der Waals surface area contributed by atoms with Crippen LogP contribution < -0.4 is 27.4 Å². The van der Waals surface area contributed by atoms with E-state index in [-0.39, 0.29) is 25.0 Å². The first-order valence-electron chi connectivity index (χ1n) is 9.40. The van der Waals surface area contributed by atoms with Crippen LogP contribution in [0.25, 0.3) is 0 Å². The van der Waals surface area contributed by atoms with Crippen LogP contribution >= 0.6 is 24.4 Å². The Morgan fingerprint density at radius 1 is 1.00 bits per heavy atom. The molecule has 0 aliphatic rings. The average molecular weight is 482 g/mol. The third-order valence-corrected chi connectivity index (χ3v) is 5.17. The van der Waals surface area contributed by atoms with Gasteiger partial charge in [-0.25, -0.2) is 4.79 Å². The molecule has 0 saturated heterocycles. The standard InChI is InChI=1S/C17H31N5O7S2/c1-8(23)13(16(27)21-11(17(28)29)5-6-31-2)22-15(26)10(3-4-12(19)24)20-14(25)9(18)7-30/h8-11,13,23,30H,3-7,18H2,1-2H3,(H2,19,24)(H,20,25)(H,21,27)(H,22,26)(H,28,29). The summed E-state index contributed by atoms with van der Waals surface area (Å²) in [5, 5.41) is 26.1. The summed E-state index contributed by atoms with van der Waals surface area (Å²) in [6.07, 6.45) is 0.120. The predicted molar refractivity (Wildman–Crippen MR) is 118 cm³/mol. The van der Waals surface area contributed by atoms with E-state index in [1.165, 1.54) is 18.7 Å². The molecule has 0 rings (SSSR count). The van der Waals surface area contributed by atoms with E-state index in [0.29, 0.717) is 5.75 Å². The lowest BCUT2D eigenvalue weighted by Crippen LogP contribution is -2.60. The van der Waals surface area contributed by atoms with Gasteiger partial charge in [-0.2, -0.15) is 24.4 Å². The Labute approximate surface area is 190 Å². The number of aliphatic hydroxyl groups is 1. The van der Waals surface area contributed by atoms with Gasteiger partial charge in [0.25, 0.3) is 0 Å². The molecule has 0 bridgehead atoms. The Hall–Kier alpha value is -2.03. The molecule has 0 heterocycles. The van der Waals surface area contributed by atoms with Crippen LogP contribution in [0.4, 0.5) is 0 Å². The summed E-state index contributed by atoms with van der Waals surface area (Å²) < 4.78 is 0. The summed E-state index contributed by atoms with van der Waals surface area (Å²) in [7, 11) is 0. The van der Waals surface area contributed by atoms with Crippen molar-refractivity contribution in [1.29, 1.82) is 0 Å². The number of nitrogens with one attached hydrogen (secondary N) is 3. The number of aliphatic carboxylic acids is 1. The average Bonchev–Trinajstić information content (AvgIpc) is 2.70. The Bertz CT molecular complexity index is 650. The molecule has 9 N–H and O–H groups in total. The lowest BCUT2D eigenvalue weighted by Gasteiger charge is -2.26. The lowest BCUT2D eigenvalue weighted by molar-refractivity contribution is -0.143. The Morgan fingerprint density at radius 3 is 2.03 bits per heavy atom. The lowest BCUT2D eigenvalue weighted by atomic mass is 10.1. The van der Waals surface area contributed by atoms with Crippen LogP contribution in [0.1, 0.15) is 26.2 Å². The summed E-state index contributed by atoms with van der Waals surface area (Å²) >= 11 is 5.29. The molecular weight excluding hydrogens is 450 g/mol. The molecule has 178 valence electrons. The second kappa shape index (κ2) is 14.9. The molecule has 0 saturated carbocycles. The van der Waals surface area contributed by atoms with Gasteiger partial charge in [-0.1, -0.05) is 0 Å². The van der Waals surface area contributed by atoms with E-state index in [0.717, 1.165) is 0 Å². The molecule has 12 nitrogen and oxygen atoms in total. The van der Waals surface area contributed by atoms with Crippen LogP contribution in [0.3, 0.4) is 0 Å². The number of carboxylic acid groups (broad SMARTS) is 1. The van der Waals surface area contributed by atoms with Gasteiger partial charge in [-0.15, -0.1) is 0 Å². The number of thiol groups is 1. The minimum Gasteiger partial charge on any atom is -0.480 e. The largest absolute Gasteiger partial charge is 0.480 e. The zero-order valence-corrected chi connectivity index (χ0v) is 19.1. The third kappa shape index (κ3) is 11.2. The first kappa shape index (κ1) is 29.0. The summed E-state index contributed by atoms with van der Waals surface area (Å²) in [5.41, 5.74) is 10.7. The van der Waals surface area contributed by atoms with E-state index in [2.05, 4.69) is 28.6 Å². The number of carbonyl (C=O) groups is 5. The number of thioether (sulfide) groups is 1. The van der Waals surface area contributed by atoms with E-state index >= 15 is 0 Å². The van der Waals surface area contributed by atoms with Gasteiger partial charge in [0.2, 0.25) is 23.6 Å². The molecule has 0 aliphatic heterocycles.